The summed E-state index contributed by atoms with van der Waals surface area (Å²) in [6.45, 7) is 0.435. The topological polar surface area (TPSA) is 63.4 Å². The molecule has 0 fully saturated rings. The van der Waals surface area contributed by atoms with E-state index < -0.39 is 0 Å². The average Bonchev–Trinajstić information content (AvgIpc) is 3.02. The van der Waals surface area contributed by atoms with Crippen molar-refractivity contribution in [2.75, 3.05) is 20.8 Å². The van der Waals surface area contributed by atoms with E-state index in [-0.39, 0.29) is 11.7 Å². The minimum Gasteiger partial charge on any atom is -0.496 e. The molecule has 0 unspecified atom stereocenters. The number of carbonyl (C=O) groups is 1. The van der Waals surface area contributed by atoms with E-state index in [0.29, 0.717) is 30.0 Å². The number of hydrogen-bond acceptors (Lipinski definition) is 3. The summed E-state index contributed by atoms with van der Waals surface area (Å²) in [6.07, 6.45) is 2.45. The van der Waals surface area contributed by atoms with E-state index in [2.05, 4.69) is 10.3 Å². The average molecular weight is 342 g/mol. The molecule has 0 aliphatic rings. The first kappa shape index (κ1) is 16.8. The van der Waals surface area contributed by atoms with Crippen molar-refractivity contribution >= 4 is 16.8 Å². The van der Waals surface area contributed by atoms with Crippen LogP contribution in [0.2, 0.25) is 0 Å². The van der Waals surface area contributed by atoms with Crippen molar-refractivity contribution in [2.45, 2.75) is 6.42 Å². The third kappa shape index (κ3) is 3.42. The number of hydrogen-bond donors (Lipinski definition) is 2. The molecule has 0 saturated heterocycles. The molecule has 0 spiro atoms. The molecular formula is C19H19FN2O3. The van der Waals surface area contributed by atoms with Crippen LogP contribution in [0.15, 0.2) is 42.6 Å². The smallest absolute Gasteiger partial charge is 0.258 e. The zero-order valence-corrected chi connectivity index (χ0v) is 14.1. The normalized spacial score (nSPS) is 10.7. The second-order valence-electron chi connectivity index (χ2n) is 5.55. The molecule has 1 heterocycles. The van der Waals surface area contributed by atoms with Gasteiger partial charge in [0.25, 0.3) is 5.91 Å². The highest BCUT2D eigenvalue weighted by atomic mass is 19.1. The largest absolute Gasteiger partial charge is 0.496 e. The van der Waals surface area contributed by atoms with Gasteiger partial charge < -0.3 is 19.8 Å². The minimum atomic E-state index is -0.280. The molecule has 0 atom stereocenters. The maximum atomic E-state index is 13.2. The number of nitrogens with one attached hydrogen (secondary N) is 2. The van der Waals surface area contributed by atoms with Crippen LogP contribution in [0.1, 0.15) is 15.9 Å². The molecule has 25 heavy (non-hydrogen) atoms. The predicted molar refractivity (Wildman–Crippen MR) is 93.8 cm³/mol. The third-order valence-corrected chi connectivity index (χ3v) is 4.06. The van der Waals surface area contributed by atoms with Gasteiger partial charge >= 0.3 is 0 Å². The van der Waals surface area contributed by atoms with E-state index in [9.17, 15) is 9.18 Å². The standard InChI is InChI=1S/C19H19FN2O3/c1-24-16-4-3-5-17(25-2)18(16)19(23)21-9-8-12-11-22-15-10-13(20)6-7-14(12)15/h3-7,10-11,22H,8-9H2,1-2H3,(H,21,23). The van der Waals surface area contributed by atoms with Gasteiger partial charge in [-0.15, -0.1) is 0 Å². The van der Waals surface area contributed by atoms with Gasteiger partial charge in [-0.05, 0) is 42.3 Å². The van der Waals surface area contributed by atoms with Crippen LogP contribution in [0, 0.1) is 5.82 Å². The molecule has 2 N–H and O–H groups in total. The lowest BCUT2D eigenvalue weighted by atomic mass is 10.1. The minimum absolute atomic E-state index is 0.264. The third-order valence-electron chi connectivity index (χ3n) is 4.06. The van der Waals surface area contributed by atoms with Crippen molar-refractivity contribution in [2.24, 2.45) is 0 Å². The summed E-state index contributed by atoms with van der Waals surface area (Å²) in [5.74, 6) is 0.372. The lowest BCUT2D eigenvalue weighted by Crippen LogP contribution is -2.26. The molecule has 3 rings (SSSR count). The van der Waals surface area contributed by atoms with Gasteiger partial charge in [0.2, 0.25) is 0 Å². The van der Waals surface area contributed by atoms with Crippen LogP contribution in [-0.4, -0.2) is 31.7 Å². The Morgan fingerprint density at radius 1 is 1.16 bits per heavy atom. The highest BCUT2D eigenvalue weighted by Gasteiger charge is 2.17. The Bertz CT molecular complexity index is 883. The Morgan fingerprint density at radius 3 is 2.56 bits per heavy atom. The lowest BCUT2D eigenvalue weighted by Gasteiger charge is -2.12. The fraction of sp³-hybridized carbons (Fsp3) is 0.211. The number of fused-ring (bicyclic) bond motifs is 1. The molecule has 0 radical (unpaired) electrons. The van der Waals surface area contributed by atoms with Gasteiger partial charge in [0.05, 0.1) is 14.2 Å². The Morgan fingerprint density at radius 2 is 1.88 bits per heavy atom. The van der Waals surface area contributed by atoms with E-state index in [1.807, 2.05) is 6.20 Å². The molecular weight excluding hydrogens is 323 g/mol. The number of methoxy groups -OCH3 is 2. The van der Waals surface area contributed by atoms with Crippen LogP contribution in [0.3, 0.4) is 0 Å². The summed E-state index contributed by atoms with van der Waals surface area (Å²) >= 11 is 0. The summed E-state index contributed by atoms with van der Waals surface area (Å²) in [4.78, 5) is 15.6. The van der Waals surface area contributed by atoms with Crippen LogP contribution in [0.25, 0.3) is 10.9 Å². The first-order chi connectivity index (χ1) is 12.1. The molecule has 0 bridgehead atoms. The predicted octanol–water partition coefficient (Wildman–Crippen LogP) is 3.30. The zero-order valence-electron chi connectivity index (χ0n) is 14.1. The molecule has 130 valence electrons. The van der Waals surface area contributed by atoms with Crippen LogP contribution in [0.5, 0.6) is 11.5 Å². The van der Waals surface area contributed by atoms with Crippen molar-refractivity contribution in [3.63, 3.8) is 0 Å². The monoisotopic (exact) mass is 342 g/mol. The molecule has 0 aliphatic carbocycles. The quantitative estimate of drug-likeness (QED) is 0.722. The van der Waals surface area contributed by atoms with Gasteiger partial charge in [-0.2, -0.15) is 0 Å². The fourth-order valence-electron chi connectivity index (χ4n) is 2.84. The van der Waals surface area contributed by atoms with Crippen LogP contribution >= 0.6 is 0 Å². The maximum absolute atomic E-state index is 13.2. The maximum Gasteiger partial charge on any atom is 0.258 e. The van der Waals surface area contributed by atoms with Crippen molar-refractivity contribution < 1.29 is 18.7 Å². The molecule has 5 nitrogen and oxygen atoms in total. The number of H-pyrrole nitrogens is 1. The number of halogens is 1. The summed E-state index contributed by atoms with van der Waals surface area (Å²) < 4.78 is 23.7. The zero-order chi connectivity index (χ0) is 17.8. The SMILES string of the molecule is COc1cccc(OC)c1C(=O)NCCc1c[nH]c2cc(F)ccc12. The summed E-state index contributed by atoms with van der Waals surface area (Å²) in [6, 6.07) is 9.81. The second kappa shape index (κ2) is 7.25. The number of aromatic nitrogens is 1. The van der Waals surface area contributed by atoms with Crippen molar-refractivity contribution in [3.8, 4) is 11.5 Å². The number of aromatic amines is 1. The number of rotatable bonds is 6. The molecule has 6 heteroatoms. The Balaban J connectivity index is 1.70. The van der Waals surface area contributed by atoms with Crippen LogP contribution in [0.4, 0.5) is 4.39 Å². The molecule has 0 aliphatic heterocycles. The van der Waals surface area contributed by atoms with Gasteiger partial charge in [-0.25, -0.2) is 4.39 Å². The summed E-state index contributed by atoms with van der Waals surface area (Å²) in [5, 5.41) is 3.83. The number of benzene rings is 2. The summed E-state index contributed by atoms with van der Waals surface area (Å²) in [7, 11) is 3.02. The van der Waals surface area contributed by atoms with E-state index in [0.717, 1.165) is 16.5 Å². The fourth-order valence-corrected chi connectivity index (χ4v) is 2.84. The first-order valence-corrected chi connectivity index (χ1v) is 7.88. The van der Waals surface area contributed by atoms with Crippen molar-refractivity contribution in [1.29, 1.82) is 0 Å². The van der Waals surface area contributed by atoms with Gasteiger partial charge in [0.1, 0.15) is 22.9 Å². The van der Waals surface area contributed by atoms with E-state index in [1.54, 1.807) is 24.3 Å². The first-order valence-electron chi connectivity index (χ1n) is 7.88. The van der Waals surface area contributed by atoms with E-state index >= 15 is 0 Å². The van der Waals surface area contributed by atoms with Gasteiger partial charge in [-0.3, -0.25) is 4.79 Å². The molecule has 1 amide bonds. The number of carbonyl (C=O) groups excluding carboxylic acids is 1. The Hall–Kier alpha value is -3.02. The number of amides is 1. The lowest BCUT2D eigenvalue weighted by molar-refractivity contribution is 0.0948. The highest BCUT2D eigenvalue weighted by Crippen LogP contribution is 2.28. The number of ether oxygens (including phenoxy) is 2. The van der Waals surface area contributed by atoms with Gasteiger partial charge in [0, 0.05) is 23.6 Å². The molecule has 1 aromatic heterocycles. The van der Waals surface area contributed by atoms with Gasteiger partial charge in [0.15, 0.2) is 0 Å². The Kier molecular flexibility index (Phi) is 4.88. The van der Waals surface area contributed by atoms with E-state index in [1.165, 1.54) is 26.4 Å². The van der Waals surface area contributed by atoms with Crippen molar-refractivity contribution in [3.05, 3.63) is 59.5 Å². The Labute approximate surface area is 144 Å². The molecule has 2 aromatic carbocycles. The van der Waals surface area contributed by atoms with Crippen molar-refractivity contribution in [1.82, 2.24) is 10.3 Å². The molecule has 3 aromatic rings. The highest BCUT2D eigenvalue weighted by molar-refractivity contribution is 5.99. The second-order valence-corrected chi connectivity index (χ2v) is 5.55. The summed E-state index contributed by atoms with van der Waals surface area (Å²) in [5.41, 5.74) is 2.13. The van der Waals surface area contributed by atoms with Gasteiger partial charge in [-0.1, -0.05) is 6.07 Å². The van der Waals surface area contributed by atoms with Crippen LogP contribution < -0.4 is 14.8 Å². The molecule has 0 saturated carbocycles. The van der Waals surface area contributed by atoms with E-state index in [4.69, 9.17) is 9.47 Å². The van der Waals surface area contributed by atoms with Crippen LogP contribution in [-0.2, 0) is 6.42 Å².